The normalized spacial score (nSPS) is 14.5. The van der Waals surface area contributed by atoms with Gasteiger partial charge < -0.3 is 80.8 Å². The van der Waals surface area contributed by atoms with Crippen LogP contribution < -0.4 is 65.5 Å². The summed E-state index contributed by atoms with van der Waals surface area (Å²) in [5, 5.41) is 47.3. The molecule has 0 aliphatic rings. The number of carbonyl (C=O) groups is 13. The zero-order chi connectivity index (χ0) is 56.9. The lowest BCUT2D eigenvalue weighted by atomic mass is 9.95. The summed E-state index contributed by atoms with van der Waals surface area (Å²) in [4.78, 5) is 167. The van der Waals surface area contributed by atoms with E-state index in [1.165, 1.54) is 0 Å². The second-order valence-corrected chi connectivity index (χ2v) is 18.1. The van der Waals surface area contributed by atoms with Crippen LogP contribution in [-0.4, -0.2) is 154 Å². The Morgan fingerprint density at radius 3 is 1.59 bits per heavy atom. The van der Waals surface area contributed by atoms with E-state index in [1.54, 1.807) is 58.0 Å². The molecule has 0 radical (unpaired) electrons. The Labute approximate surface area is 433 Å². The van der Waals surface area contributed by atoms with E-state index in [9.17, 15) is 72.5 Å². The van der Waals surface area contributed by atoms with Gasteiger partial charge in [-0.05, 0) is 62.5 Å². The van der Waals surface area contributed by atoms with Gasteiger partial charge in [-0.2, -0.15) is 0 Å². The van der Waals surface area contributed by atoms with Gasteiger partial charge in [-0.15, -0.1) is 0 Å². The predicted molar refractivity (Wildman–Crippen MR) is 265 cm³/mol. The number of carboxylic acid groups (broad SMARTS) is 3. The summed E-state index contributed by atoms with van der Waals surface area (Å²) in [6.45, 7) is 5.87. The summed E-state index contributed by atoms with van der Waals surface area (Å²) in [7, 11) is 0. The van der Waals surface area contributed by atoms with Gasteiger partial charge in [-0.1, -0.05) is 64.4 Å². The Bertz CT molecular complexity index is 2160. The summed E-state index contributed by atoms with van der Waals surface area (Å²) >= 11 is 0. The van der Waals surface area contributed by atoms with E-state index in [-0.39, 0.29) is 38.6 Å². The molecule has 0 unspecified atom stereocenters. The molecule has 28 heteroatoms. The molecule has 0 aromatic heterocycles. The van der Waals surface area contributed by atoms with Crippen molar-refractivity contribution in [2.24, 2.45) is 34.8 Å². The monoisotopic (exact) mass is 1060 g/mol. The first kappa shape index (κ1) is 65.3. The van der Waals surface area contributed by atoms with Crippen LogP contribution in [0.2, 0.25) is 0 Å². The topological polar surface area (TPSA) is 483 Å². The van der Waals surface area contributed by atoms with Gasteiger partial charge in [0.2, 0.25) is 59.1 Å². The van der Waals surface area contributed by atoms with E-state index in [0.717, 1.165) is 0 Å². The molecule has 75 heavy (non-hydrogen) atoms. The van der Waals surface area contributed by atoms with Crippen molar-refractivity contribution in [1.82, 2.24) is 42.5 Å². The van der Waals surface area contributed by atoms with Crippen LogP contribution in [0.5, 0.6) is 0 Å². The summed E-state index contributed by atoms with van der Waals surface area (Å²) < 4.78 is 0. The number of benzene rings is 1. The fourth-order valence-electron chi connectivity index (χ4n) is 7.07. The second kappa shape index (κ2) is 33.9. The maximum absolute atomic E-state index is 14.1. The number of nitrogens with one attached hydrogen (secondary N) is 8. The molecule has 0 aliphatic carbocycles. The van der Waals surface area contributed by atoms with E-state index < -0.39 is 176 Å². The summed E-state index contributed by atoms with van der Waals surface area (Å²) in [5.74, 6) is -15.2. The molecule has 19 N–H and O–H groups in total. The first-order chi connectivity index (χ1) is 35.2. The van der Waals surface area contributed by atoms with Crippen molar-refractivity contribution >= 4 is 77.0 Å². The zero-order valence-electron chi connectivity index (χ0n) is 42.5. The Kier molecular flexibility index (Phi) is 29.5. The molecule has 0 heterocycles. The van der Waals surface area contributed by atoms with E-state index in [4.69, 9.17) is 28.0 Å². The SMILES string of the molecule is CC[C@H](C)[C@H](NC(=O)[C@@H](NC(=O)[C@H](CCCCN)NC(=O)[C@@H](N)CCC(N)=O)C(C)C)C(=O)N[C@@H](CC(=O)O)C(=O)N[C@@H](CCC(N)=O)C(=O)N[C@@H](Cc1ccccc1)C(=O)NCC(=O)N[C@@H](CCC(=O)O)C(=O)O. The van der Waals surface area contributed by atoms with Gasteiger partial charge in [0.1, 0.15) is 42.3 Å². The third kappa shape index (κ3) is 25.7. The van der Waals surface area contributed by atoms with Gasteiger partial charge in [-0.25, -0.2) is 4.79 Å². The lowest BCUT2D eigenvalue weighted by molar-refractivity contribution is -0.143. The van der Waals surface area contributed by atoms with Crippen molar-refractivity contribution in [3.05, 3.63) is 35.9 Å². The van der Waals surface area contributed by atoms with Crippen LogP contribution in [0.15, 0.2) is 30.3 Å². The van der Waals surface area contributed by atoms with Gasteiger partial charge >= 0.3 is 17.9 Å². The number of nitrogens with two attached hydrogens (primary N) is 4. The molecule has 0 fully saturated rings. The highest BCUT2D eigenvalue weighted by atomic mass is 16.4. The van der Waals surface area contributed by atoms with Gasteiger partial charge in [-0.3, -0.25) is 57.5 Å². The third-order valence-corrected chi connectivity index (χ3v) is 11.6. The minimum atomic E-state index is -1.94. The lowest BCUT2D eigenvalue weighted by Gasteiger charge is -2.30. The Morgan fingerprint density at radius 1 is 0.533 bits per heavy atom. The number of hydrogen-bond donors (Lipinski definition) is 15. The molecule has 1 aromatic carbocycles. The number of unbranched alkanes of at least 4 members (excludes halogenated alkanes) is 1. The molecule has 418 valence electrons. The molecule has 9 atom stereocenters. The highest BCUT2D eigenvalue weighted by Gasteiger charge is 2.37. The number of aliphatic carboxylic acids is 3. The molecule has 0 bridgehead atoms. The van der Waals surface area contributed by atoms with Crippen LogP contribution in [0.1, 0.15) is 104 Å². The highest BCUT2D eigenvalue weighted by molar-refractivity contribution is 5.99. The Morgan fingerprint density at radius 2 is 1.04 bits per heavy atom. The van der Waals surface area contributed by atoms with Crippen molar-refractivity contribution < 1.29 is 77.6 Å². The molecule has 0 saturated carbocycles. The molecule has 0 aliphatic heterocycles. The molecule has 28 nitrogen and oxygen atoms in total. The van der Waals surface area contributed by atoms with Gasteiger partial charge in [0.25, 0.3) is 0 Å². The van der Waals surface area contributed by atoms with Gasteiger partial charge in [0.15, 0.2) is 0 Å². The van der Waals surface area contributed by atoms with Gasteiger partial charge in [0.05, 0.1) is 19.0 Å². The van der Waals surface area contributed by atoms with E-state index in [2.05, 4.69) is 42.5 Å². The van der Waals surface area contributed by atoms with Crippen LogP contribution in [-0.2, 0) is 68.7 Å². The molecule has 1 rings (SSSR count). The van der Waals surface area contributed by atoms with Crippen LogP contribution in [0, 0.1) is 11.8 Å². The first-order valence-electron chi connectivity index (χ1n) is 24.3. The number of hydrogen-bond acceptors (Lipinski definition) is 15. The molecule has 1 aromatic rings. The molecule has 0 spiro atoms. The molecular formula is C47H74N12O16. The van der Waals surface area contributed by atoms with Crippen LogP contribution in [0.4, 0.5) is 0 Å². The number of carbonyl (C=O) groups excluding carboxylic acids is 10. The average Bonchev–Trinajstić information content (AvgIpc) is 3.34. The van der Waals surface area contributed by atoms with Crippen molar-refractivity contribution in [2.75, 3.05) is 13.1 Å². The number of carboxylic acids is 3. The third-order valence-electron chi connectivity index (χ3n) is 11.6. The standard InChI is InChI=1S/C47H74N12O16/c1-5-25(4)39(59-45(72)38(24(2)3)58-43(70)28(13-9-10-20-48)54-40(67)27(49)14-17-33(50)60)46(73)57-32(22-37(65)66)44(71)55-29(15-18-34(51)61)42(69)56-31(21-26-11-7-6-8-12-26)41(68)52-23-35(62)53-30(47(74)75)16-19-36(63)64/h6-8,11-12,24-25,27-32,38-39H,5,9-10,13-23,48-49H2,1-4H3,(H2,50,60)(H2,51,61)(H,52,68)(H,53,62)(H,54,67)(H,55,71)(H,56,69)(H,57,73)(H,58,70)(H,59,72)(H,63,64)(H,65,66)(H,74,75)/t25-,27-,28-,29-,30-,31-,32-,38-,39-/m0/s1. The number of rotatable bonds is 37. The van der Waals surface area contributed by atoms with Crippen LogP contribution in [0.25, 0.3) is 0 Å². The smallest absolute Gasteiger partial charge is 0.326 e. The van der Waals surface area contributed by atoms with Crippen molar-refractivity contribution in [3.8, 4) is 0 Å². The quantitative estimate of drug-likeness (QED) is 0.0281. The van der Waals surface area contributed by atoms with E-state index in [1.807, 2.05) is 0 Å². The van der Waals surface area contributed by atoms with Crippen molar-refractivity contribution in [2.45, 2.75) is 153 Å². The number of amides is 10. The molecule has 0 saturated heterocycles. The highest BCUT2D eigenvalue weighted by Crippen LogP contribution is 2.13. The Balaban J connectivity index is 3.44. The van der Waals surface area contributed by atoms with Crippen LogP contribution in [0.3, 0.4) is 0 Å². The minimum Gasteiger partial charge on any atom is -0.481 e. The minimum absolute atomic E-state index is 0.0846. The average molecular weight is 1060 g/mol. The summed E-state index contributed by atoms with van der Waals surface area (Å²) in [6, 6.07) is -3.91. The Hall–Kier alpha value is -7.75. The summed E-state index contributed by atoms with van der Waals surface area (Å²) in [5.41, 5.74) is 22.6. The molecular weight excluding hydrogens is 989 g/mol. The zero-order valence-corrected chi connectivity index (χ0v) is 42.5. The maximum Gasteiger partial charge on any atom is 0.326 e. The number of primary amides is 2. The van der Waals surface area contributed by atoms with E-state index >= 15 is 0 Å². The van der Waals surface area contributed by atoms with Crippen LogP contribution >= 0.6 is 0 Å². The van der Waals surface area contributed by atoms with Gasteiger partial charge in [0, 0.05) is 25.7 Å². The lowest BCUT2D eigenvalue weighted by Crippen LogP contribution is -2.62. The predicted octanol–water partition coefficient (Wildman–Crippen LogP) is -4.15. The largest absolute Gasteiger partial charge is 0.481 e. The molecule has 10 amide bonds. The van der Waals surface area contributed by atoms with E-state index in [0.29, 0.717) is 18.4 Å². The second-order valence-electron chi connectivity index (χ2n) is 18.1. The first-order valence-corrected chi connectivity index (χ1v) is 24.3. The van der Waals surface area contributed by atoms with Crippen molar-refractivity contribution in [3.63, 3.8) is 0 Å². The van der Waals surface area contributed by atoms with Crippen molar-refractivity contribution in [1.29, 1.82) is 0 Å². The fraction of sp³-hybridized carbons (Fsp3) is 0.596. The fourth-order valence-corrected chi connectivity index (χ4v) is 7.07. The maximum atomic E-state index is 14.1. The summed E-state index contributed by atoms with van der Waals surface area (Å²) in [6.07, 6.45) is -2.50.